The second kappa shape index (κ2) is 4.69. The van der Waals surface area contributed by atoms with Crippen molar-refractivity contribution in [1.29, 1.82) is 0 Å². The fourth-order valence-corrected chi connectivity index (χ4v) is 1.90. The number of aryl methyl sites for hydroxylation is 3. The smallest absolute Gasteiger partial charge is 0.194 e. The molecule has 0 fully saturated rings. The van der Waals surface area contributed by atoms with E-state index in [4.69, 9.17) is 0 Å². The Hall–Kier alpha value is -2.03. The number of nitrogens with zero attached hydrogens (tertiary/aromatic N) is 1. The van der Waals surface area contributed by atoms with Gasteiger partial charge in [0, 0.05) is 17.3 Å². The van der Waals surface area contributed by atoms with Crippen LogP contribution in [0.1, 0.15) is 32.6 Å². The first-order valence-electron chi connectivity index (χ1n) is 5.72. The maximum Gasteiger partial charge on any atom is 0.194 e. The summed E-state index contributed by atoms with van der Waals surface area (Å²) in [6.07, 6.45) is 2.48. The lowest BCUT2D eigenvalue weighted by Gasteiger charge is -2.08. The fourth-order valence-electron chi connectivity index (χ4n) is 1.90. The molecule has 0 spiro atoms. The minimum Gasteiger partial charge on any atom is -0.289 e. The van der Waals surface area contributed by atoms with Crippen LogP contribution >= 0.6 is 0 Å². The van der Waals surface area contributed by atoms with Crippen molar-refractivity contribution in [3.8, 4) is 0 Å². The van der Waals surface area contributed by atoms with Crippen LogP contribution in [0.15, 0.2) is 30.6 Å². The molecule has 2 aromatic rings. The Morgan fingerprint density at radius 1 is 1.00 bits per heavy atom. The molecule has 18 heavy (non-hydrogen) atoms. The van der Waals surface area contributed by atoms with Crippen LogP contribution in [0.25, 0.3) is 0 Å². The van der Waals surface area contributed by atoms with Crippen molar-refractivity contribution in [2.45, 2.75) is 20.8 Å². The first-order chi connectivity index (χ1) is 8.49. The number of hydrogen-bond donors (Lipinski definition) is 0. The van der Waals surface area contributed by atoms with Crippen molar-refractivity contribution < 1.29 is 9.18 Å². The van der Waals surface area contributed by atoms with Crippen molar-refractivity contribution >= 4 is 5.78 Å². The number of halogens is 1. The molecule has 0 bridgehead atoms. The van der Waals surface area contributed by atoms with E-state index in [1.54, 1.807) is 0 Å². The van der Waals surface area contributed by atoms with E-state index in [9.17, 15) is 9.18 Å². The second-order valence-electron chi connectivity index (χ2n) is 4.47. The van der Waals surface area contributed by atoms with Crippen LogP contribution in [-0.4, -0.2) is 10.8 Å². The monoisotopic (exact) mass is 243 g/mol. The van der Waals surface area contributed by atoms with E-state index in [-0.39, 0.29) is 11.3 Å². The van der Waals surface area contributed by atoms with Gasteiger partial charge in [0.15, 0.2) is 5.78 Å². The minimum absolute atomic E-state index is 0.192. The average molecular weight is 243 g/mol. The van der Waals surface area contributed by atoms with E-state index in [0.717, 1.165) is 22.9 Å². The first-order valence-corrected chi connectivity index (χ1v) is 5.72. The summed E-state index contributed by atoms with van der Waals surface area (Å²) < 4.78 is 13.1. The van der Waals surface area contributed by atoms with E-state index < -0.39 is 5.82 Å². The summed E-state index contributed by atoms with van der Waals surface area (Å²) in [5.41, 5.74) is 3.97. The van der Waals surface area contributed by atoms with Gasteiger partial charge < -0.3 is 0 Å². The van der Waals surface area contributed by atoms with Gasteiger partial charge >= 0.3 is 0 Å². The van der Waals surface area contributed by atoms with Gasteiger partial charge in [-0.2, -0.15) is 0 Å². The number of carbonyl (C=O) groups is 1. The number of ketones is 1. The van der Waals surface area contributed by atoms with Crippen LogP contribution in [0.5, 0.6) is 0 Å². The molecule has 3 heteroatoms. The molecule has 92 valence electrons. The summed E-state index contributed by atoms with van der Waals surface area (Å²) in [4.78, 5) is 16.0. The minimum atomic E-state index is -0.498. The van der Waals surface area contributed by atoms with Gasteiger partial charge in [-0.25, -0.2) is 4.39 Å². The highest BCUT2D eigenvalue weighted by atomic mass is 19.1. The molecule has 1 aromatic heterocycles. The van der Waals surface area contributed by atoms with Gasteiger partial charge in [-0.3, -0.25) is 9.78 Å². The fraction of sp³-hybridized carbons (Fsp3) is 0.200. The van der Waals surface area contributed by atoms with Gasteiger partial charge in [-0.1, -0.05) is 6.07 Å². The molecule has 0 unspecified atom stereocenters. The SMILES string of the molecule is Cc1cc(C)c(C(=O)c2cncc(F)c2)cc1C. The molecular formula is C15H14FNO. The topological polar surface area (TPSA) is 30.0 Å². The quantitative estimate of drug-likeness (QED) is 0.757. The summed E-state index contributed by atoms with van der Waals surface area (Å²) in [6.45, 7) is 5.84. The zero-order valence-corrected chi connectivity index (χ0v) is 10.6. The summed E-state index contributed by atoms with van der Waals surface area (Å²) in [5, 5.41) is 0. The second-order valence-corrected chi connectivity index (χ2v) is 4.47. The number of aromatic nitrogens is 1. The molecule has 0 saturated heterocycles. The third kappa shape index (κ3) is 2.30. The predicted molar refractivity (Wildman–Crippen MR) is 68.3 cm³/mol. The van der Waals surface area contributed by atoms with E-state index in [2.05, 4.69) is 4.98 Å². The normalized spacial score (nSPS) is 10.4. The van der Waals surface area contributed by atoms with Crippen LogP contribution in [0, 0.1) is 26.6 Å². The highest BCUT2D eigenvalue weighted by molar-refractivity contribution is 6.09. The lowest BCUT2D eigenvalue weighted by atomic mass is 9.95. The third-order valence-electron chi connectivity index (χ3n) is 3.05. The van der Waals surface area contributed by atoms with Crippen LogP contribution in [0.4, 0.5) is 4.39 Å². The van der Waals surface area contributed by atoms with E-state index >= 15 is 0 Å². The molecule has 0 radical (unpaired) electrons. The molecule has 2 nitrogen and oxygen atoms in total. The van der Waals surface area contributed by atoms with Crippen LogP contribution in [-0.2, 0) is 0 Å². The lowest BCUT2D eigenvalue weighted by Crippen LogP contribution is -2.06. The summed E-state index contributed by atoms with van der Waals surface area (Å²) in [5.74, 6) is -0.690. The molecule has 0 aliphatic rings. The Bertz CT molecular complexity index is 620. The van der Waals surface area contributed by atoms with Crippen molar-refractivity contribution in [3.63, 3.8) is 0 Å². The zero-order chi connectivity index (χ0) is 13.3. The van der Waals surface area contributed by atoms with Gasteiger partial charge in [0.2, 0.25) is 0 Å². The lowest BCUT2D eigenvalue weighted by molar-refractivity contribution is 0.103. The molecule has 0 atom stereocenters. The summed E-state index contributed by atoms with van der Waals surface area (Å²) in [6, 6.07) is 5.02. The van der Waals surface area contributed by atoms with E-state index in [1.165, 1.54) is 12.3 Å². The molecule has 0 saturated carbocycles. The van der Waals surface area contributed by atoms with Crippen molar-refractivity contribution in [3.05, 3.63) is 64.2 Å². The van der Waals surface area contributed by atoms with Gasteiger partial charge in [0.1, 0.15) is 5.82 Å². The Morgan fingerprint density at radius 2 is 1.67 bits per heavy atom. The van der Waals surface area contributed by atoms with Gasteiger partial charge in [-0.05, 0) is 49.6 Å². The predicted octanol–water partition coefficient (Wildman–Crippen LogP) is 3.38. The highest BCUT2D eigenvalue weighted by Crippen LogP contribution is 2.18. The first kappa shape index (κ1) is 12.4. The molecule has 0 aliphatic heterocycles. The number of hydrogen-bond acceptors (Lipinski definition) is 2. The highest BCUT2D eigenvalue weighted by Gasteiger charge is 2.13. The maximum absolute atomic E-state index is 13.1. The summed E-state index contributed by atoms with van der Waals surface area (Å²) >= 11 is 0. The Balaban J connectivity index is 2.49. The molecule has 0 N–H and O–H groups in total. The van der Waals surface area contributed by atoms with Crippen LogP contribution in [0.3, 0.4) is 0 Å². The summed E-state index contributed by atoms with van der Waals surface area (Å²) in [7, 11) is 0. The van der Waals surface area contributed by atoms with Gasteiger partial charge in [0.25, 0.3) is 0 Å². The number of pyridine rings is 1. The maximum atomic E-state index is 13.1. The number of carbonyl (C=O) groups excluding carboxylic acids is 1. The standard InChI is InChI=1S/C15H14FNO/c1-9-4-11(3)14(5-10(9)2)15(18)12-6-13(16)8-17-7-12/h4-8H,1-3H3. The molecule has 0 aliphatic carbocycles. The number of benzene rings is 1. The van der Waals surface area contributed by atoms with E-state index in [0.29, 0.717) is 5.56 Å². The van der Waals surface area contributed by atoms with Crippen LogP contribution < -0.4 is 0 Å². The Morgan fingerprint density at radius 3 is 2.33 bits per heavy atom. The largest absolute Gasteiger partial charge is 0.289 e. The van der Waals surface area contributed by atoms with Gasteiger partial charge in [0.05, 0.1) is 6.20 Å². The van der Waals surface area contributed by atoms with Crippen molar-refractivity contribution in [2.24, 2.45) is 0 Å². The Labute approximate surface area is 105 Å². The number of rotatable bonds is 2. The zero-order valence-electron chi connectivity index (χ0n) is 10.6. The average Bonchev–Trinajstić information content (AvgIpc) is 2.33. The molecule has 1 aromatic carbocycles. The molecule has 2 rings (SSSR count). The molecule has 1 heterocycles. The van der Waals surface area contributed by atoms with Gasteiger partial charge in [-0.15, -0.1) is 0 Å². The third-order valence-corrected chi connectivity index (χ3v) is 3.05. The van der Waals surface area contributed by atoms with Crippen molar-refractivity contribution in [1.82, 2.24) is 4.98 Å². The molecular weight excluding hydrogens is 229 g/mol. The van der Waals surface area contributed by atoms with E-state index in [1.807, 2.05) is 32.9 Å². The van der Waals surface area contributed by atoms with Crippen LogP contribution in [0.2, 0.25) is 0 Å². The molecule has 0 amide bonds. The van der Waals surface area contributed by atoms with Crippen molar-refractivity contribution in [2.75, 3.05) is 0 Å². The Kier molecular flexibility index (Phi) is 3.24.